The molecule has 26 valence electrons. The summed E-state index contributed by atoms with van der Waals surface area (Å²) in [5.41, 5.74) is 0. The maximum Gasteiger partial charge on any atom is 1.00 e. The molecule has 0 atom stereocenters. The Labute approximate surface area is 55.4 Å². The van der Waals surface area contributed by atoms with E-state index in [1.165, 1.54) is 0 Å². The van der Waals surface area contributed by atoms with Crippen LogP contribution < -0.4 is 29.6 Å². The molecule has 0 aromatic heterocycles. The Morgan fingerprint density at radius 2 is 1.80 bits per heavy atom. The van der Waals surface area contributed by atoms with E-state index in [2.05, 4.69) is 0 Å². The zero-order valence-electron chi connectivity index (χ0n) is 5.80. The molecule has 0 aliphatic rings. The molecule has 0 saturated heterocycles. The zero-order chi connectivity index (χ0) is 3.58. The van der Waals surface area contributed by atoms with Crippen LogP contribution in [0.3, 0.4) is 0 Å². The maximum absolute atomic E-state index is 8.56. The third-order valence-electron chi connectivity index (χ3n) is 0. The Kier molecular flexibility index (Phi) is 7.67. The zero-order valence-corrected chi connectivity index (χ0v) is 4.80. The minimum absolute atomic E-state index is 0. The van der Waals surface area contributed by atoms with E-state index in [0.29, 0.717) is 0 Å². The van der Waals surface area contributed by atoms with E-state index in [1.807, 2.05) is 0 Å². The standard InChI is InChI=1S/CH2O3.Na.H/c2-1(3)4;;/h(H2,2,3,4);;/q;+1;-1/p+2. The van der Waals surface area contributed by atoms with E-state index < -0.39 is 6.16 Å². The molecule has 0 aromatic rings. The molecular formula is CH5NaO3+2. The number of carboxylic acid groups (broad SMARTS) is 2. The van der Waals surface area contributed by atoms with Gasteiger partial charge in [-0.2, -0.15) is 0 Å². The minimum Gasteiger partial charge on any atom is -1.00 e. The van der Waals surface area contributed by atoms with E-state index in [0.717, 1.165) is 0 Å². The van der Waals surface area contributed by atoms with Crippen molar-refractivity contribution in [3.8, 4) is 0 Å². The summed E-state index contributed by atoms with van der Waals surface area (Å²) >= 11 is 0. The second kappa shape index (κ2) is 4.27. The maximum atomic E-state index is 8.56. The van der Waals surface area contributed by atoms with Gasteiger partial charge in [-0.1, -0.05) is 0 Å². The van der Waals surface area contributed by atoms with Gasteiger partial charge in [0.1, 0.15) is 0 Å². The van der Waals surface area contributed by atoms with E-state index >= 15 is 0 Å². The molecule has 0 spiro atoms. The van der Waals surface area contributed by atoms with Crippen molar-refractivity contribution in [2.45, 2.75) is 0 Å². The quantitative estimate of drug-likeness (QED) is 0.323. The van der Waals surface area contributed by atoms with Gasteiger partial charge < -0.3 is 11.6 Å². The van der Waals surface area contributed by atoms with Crippen molar-refractivity contribution in [1.29, 1.82) is 0 Å². The summed E-state index contributed by atoms with van der Waals surface area (Å²) in [5, 5.41) is 13.9. The Morgan fingerprint density at radius 3 is 1.80 bits per heavy atom. The molecule has 3 nitrogen and oxygen atoms in total. The summed E-state index contributed by atoms with van der Waals surface area (Å²) in [6, 6.07) is 0. The smallest absolute Gasteiger partial charge is 1.00 e. The molecule has 0 bridgehead atoms. The third-order valence-corrected chi connectivity index (χ3v) is 0. The second-order valence-corrected chi connectivity index (χ2v) is 0.283. The fourth-order valence-corrected chi connectivity index (χ4v) is 0. The van der Waals surface area contributed by atoms with Crippen molar-refractivity contribution in [3.63, 3.8) is 0 Å². The molecule has 0 unspecified atom stereocenters. The molecule has 0 saturated carbocycles. The summed E-state index contributed by atoms with van der Waals surface area (Å²) in [6.45, 7) is 0. The monoisotopic (exact) mass is 88.0 g/mol. The van der Waals surface area contributed by atoms with Gasteiger partial charge in [-0.05, 0) is 0 Å². The summed E-state index contributed by atoms with van der Waals surface area (Å²) in [5.74, 6) is 0. The van der Waals surface area contributed by atoms with E-state index in [4.69, 9.17) is 15.0 Å². The van der Waals surface area contributed by atoms with E-state index in [9.17, 15) is 0 Å². The SMILES string of the molecule is O=C(O)O.[H+].[H+].[H-].[Na+]. The van der Waals surface area contributed by atoms with Crippen molar-refractivity contribution in [2.24, 2.45) is 0 Å². The van der Waals surface area contributed by atoms with Gasteiger partial charge >= 0.3 is 38.6 Å². The van der Waals surface area contributed by atoms with Gasteiger partial charge in [0.2, 0.25) is 0 Å². The molecule has 0 aromatic carbocycles. The first kappa shape index (κ1) is 8.99. The van der Waals surface area contributed by atoms with Crippen molar-refractivity contribution in [2.75, 3.05) is 0 Å². The Bertz CT molecular complexity index is 37.5. The van der Waals surface area contributed by atoms with Crippen molar-refractivity contribution in [1.82, 2.24) is 0 Å². The second-order valence-electron chi connectivity index (χ2n) is 0.283. The topological polar surface area (TPSA) is 57.5 Å². The summed E-state index contributed by atoms with van der Waals surface area (Å²) in [7, 11) is 0. The van der Waals surface area contributed by atoms with Crippen LogP contribution in [0.2, 0.25) is 0 Å². The van der Waals surface area contributed by atoms with Crippen LogP contribution >= 0.6 is 0 Å². The molecule has 5 heavy (non-hydrogen) atoms. The van der Waals surface area contributed by atoms with Gasteiger partial charge in [0.15, 0.2) is 0 Å². The predicted octanol–water partition coefficient (Wildman–Crippen LogP) is -2.44. The Balaban J connectivity index is -0.00000000750. The van der Waals surface area contributed by atoms with Crippen molar-refractivity contribution >= 4 is 6.16 Å². The van der Waals surface area contributed by atoms with Gasteiger partial charge in [-0.15, -0.1) is 0 Å². The first-order chi connectivity index (χ1) is 1.73. The minimum atomic E-state index is -1.83. The van der Waals surface area contributed by atoms with Crippen LogP contribution in [0.4, 0.5) is 4.79 Å². The summed E-state index contributed by atoms with van der Waals surface area (Å²) < 4.78 is 0. The number of hydrogen-bond donors (Lipinski definition) is 2. The Morgan fingerprint density at radius 1 is 1.80 bits per heavy atom. The largest absolute Gasteiger partial charge is 1.00 e. The fourth-order valence-electron chi connectivity index (χ4n) is 0. The van der Waals surface area contributed by atoms with Crippen LogP contribution in [0.5, 0.6) is 0 Å². The van der Waals surface area contributed by atoms with Crippen LogP contribution in [0.15, 0.2) is 0 Å². The van der Waals surface area contributed by atoms with Gasteiger partial charge in [0, 0.05) is 0 Å². The van der Waals surface area contributed by atoms with Crippen LogP contribution in [0.1, 0.15) is 4.28 Å². The molecule has 0 aliphatic heterocycles. The number of hydrogen-bond acceptors (Lipinski definition) is 1. The molecule has 0 radical (unpaired) electrons. The molecule has 0 fully saturated rings. The molecule has 2 N–H and O–H groups in total. The van der Waals surface area contributed by atoms with Crippen LogP contribution in [-0.4, -0.2) is 16.4 Å². The molecule has 4 heteroatoms. The van der Waals surface area contributed by atoms with Gasteiger partial charge in [0.25, 0.3) is 0 Å². The van der Waals surface area contributed by atoms with Crippen LogP contribution in [-0.2, 0) is 0 Å². The third kappa shape index (κ3) is 302. The van der Waals surface area contributed by atoms with E-state index in [1.54, 1.807) is 0 Å². The normalized spacial score (nSPS) is 4.80. The summed E-state index contributed by atoms with van der Waals surface area (Å²) in [6.07, 6.45) is -1.83. The summed E-state index contributed by atoms with van der Waals surface area (Å²) in [4.78, 5) is 8.56. The molecule has 0 amide bonds. The van der Waals surface area contributed by atoms with E-state index in [-0.39, 0.29) is 33.8 Å². The fraction of sp³-hybridized carbons (Fsp3) is 0. The molecular weight excluding hydrogens is 83.0 g/mol. The average molecular weight is 88.0 g/mol. The van der Waals surface area contributed by atoms with Gasteiger partial charge in [0.05, 0.1) is 0 Å². The first-order valence-electron chi connectivity index (χ1n) is 0.651. The van der Waals surface area contributed by atoms with Crippen molar-refractivity contribution < 1.29 is 48.8 Å². The average Bonchev–Trinajstić information content (AvgIpc) is 0.811. The molecule has 0 aliphatic carbocycles. The van der Waals surface area contributed by atoms with Crippen LogP contribution in [0.25, 0.3) is 0 Å². The first-order valence-corrected chi connectivity index (χ1v) is 0.651. The predicted molar refractivity (Wildman–Crippen MR) is 14.0 cm³/mol. The number of carbonyl (C=O) groups is 1. The van der Waals surface area contributed by atoms with Crippen LogP contribution in [0, 0.1) is 0 Å². The molecule has 0 heterocycles. The Hall–Kier alpha value is 0.270. The molecule has 0 rings (SSSR count). The van der Waals surface area contributed by atoms with Gasteiger partial charge in [-0.3, -0.25) is 0 Å². The van der Waals surface area contributed by atoms with Crippen molar-refractivity contribution in [3.05, 3.63) is 0 Å². The number of rotatable bonds is 0. The van der Waals surface area contributed by atoms with Gasteiger partial charge in [-0.25, -0.2) is 4.79 Å².